The average Bonchev–Trinajstić information content (AvgIpc) is 2.74. The molecule has 108 valence electrons. The third kappa shape index (κ3) is 2.93. The molecule has 0 saturated heterocycles. The van der Waals surface area contributed by atoms with Crippen molar-refractivity contribution in [3.8, 4) is 0 Å². The Morgan fingerprint density at radius 1 is 1.40 bits per heavy atom. The van der Waals surface area contributed by atoms with Gasteiger partial charge in [-0.1, -0.05) is 12.2 Å². The van der Waals surface area contributed by atoms with Gasteiger partial charge in [0, 0.05) is 26.2 Å². The van der Waals surface area contributed by atoms with Crippen LogP contribution in [0.4, 0.5) is 0 Å². The number of aromatic nitrogens is 2. The zero-order chi connectivity index (χ0) is 13.9. The zero-order valence-electron chi connectivity index (χ0n) is 11.7. The fraction of sp³-hybridized carbons (Fsp3) is 0.600. The summed E-state index contributed by atoms with van der Waals surface area (Å²) < 4.78 is 1.87. The second kappa shape index (κ2) is 5.79. The van der Waals surface area contributed by atoms with Crippen molar-refractivity contribution in [1.29, 1.82) is 0 Å². The van der Waals surface area contributed by atoms with Crippen LogP contribution in [-0.4, -0.2) is 38.8 Å². The Labute approximate surface area is 118 Å². The van der Waals surface area contributed by atoms with E-state index >= 15 is 0 Å². The van der Waals surface area contributed by atoms with Gasteiger partial charge in [0.05, 0.1) is 5.69 Å². The number of aromatic carboxylic acids is 1. The first kappa shape index (κ1) is 13.4. The van der Waals surface area contributed by atoms with Crippen LogP contribution < -0.4 is 0 Å². The highest BCUT2D eigenvalue weighted by molar-refractivity contribution is 5.85. The fourth-order valence-electron chi connectivity index (χ4n) is 3.18. The third-order valence-electron chi connectivity index (χ3n) is 4.21. The van der Waals surface area contributed by atoms with E-state index < -0.39 is 5.97 Å². The minimum absolute atomic E-state index is 0.169. The molecule has 0 fully saturated rings. The van der Waals surface area contributed by atoms with Gasteiger partial charge in [-0.15, -0.1) is 0 Å². The lowest BCUT2D eigenvalue weighted by Gasteiger charge is -2.26. The van der Waals surface area contributed by atoms with Crippen molar-refractivity contribution in [1.82, 2.24) is 14.7 Å². The summed E-state index contributed by atoms with van der Waals surface area (Å²) in [5.41, 5.74) is 1.20. The average molecular weight is 275 g/mol. The third-order valence-corrected chi connectivity index (χ3v) is 4.21. The number of carboxylic acids is 1. The normalized spacial score (nSPS) is 23.3. The van der Waals surface area contributed by atoms with E-state index in [2.05, 4.69) is 22.2 Å². The second-order valence-corrected chi connectivity index (χ2v) is 5.79. The van der Waals surface area contributed by atoms with E-state index in [1.807, 2.05) is 4.68 Å². The molecule has 2 aliphatic rings. The maximum absolute atomic E-state index is 11.0. The molecule has 5 heteroatoms. The topological polar surface area (TPSA) is 58.4 Å². The van der Waals surface area contributed by atoms with Crippen LogP contribution in [0.3, 0.4) is 0 Å². The van der Waals surface area contributed by atoms with Gasteiger partial charge < -0.3 is 5.11 Å². The maximum atomic E-state index is 11.0. The van der Waals surface area contributed by atoms with Gasteiger partial charge in [-0.25, -0.2) is 4.79 Å². The molecule has 5 nitrogen and oxygen atoms in total. The smallest absolute Gasteiger partial charge is 0.356 e. The maximum Gasteiger partial charge on any atom is 0.356 e. The molecule has 20 heavy (non-hydrogen) atoms. The van der Waals surface area contributed by atoms with Crippen LogP contribution in [0.25, 0.3) is 0 Å². The van der Waals surface area contributed by atoms with E-state index in [1.54, 1.807) is 6.07 Å². The Kier molecular flexibility index (Phi) is 3.87. The van der Waals surface area contributed by atoms with Crippen molar-refractivity contribution in [2.24, 2.45) is 5.92 Å². The molecule has 0 radical (unpaired) electrons. The number of aryl methyl sites for hydroxylation is 1. The minimum Gasteiger partial charge on any atom is -0.476 e. The predicted octanol–water partition coefficient (Wildman–Crippen LogP) is 2.14. The van der Waals surface area contributed by atoms with E-state index in [1.165, 1.54) is 19.3 Å². The first-order chi connectivity index (χ1) is 9.72. The summed E-state index contributed by atoms with van der Waals surface area (Å²) >= 11 is 0. The summed E-state index contributed by atoms with van der Waals surface area (Å²) in [5, 5.41) is 13.2. The van der Waals surface area contributed by atoms with E-state index in [9.17, 15) is 4.79 Å². The fourth-order valence-corrected chi connectivity index (χ4v) is 3.18. The number of allylic oxidation sites excluding steroid dienone is 2. The van der Waals surface area contributed by atoms with Gasteiger partial charge in [-0.05, 0) is 37.7 Å². The van der Waals surface area contributed by atoms with Gasteiger partial charge in [0.1, 0.15) is 0 Å². The highest BCUT2D eigenvalue weighted by Crippen LogP contribution is 2.22. The number of nitrogens with zero attached hydrogens (tertiary/aromatic N) is 3. The van der Waals surface area contributed by atoms with Crippen molar-refractivity contribution in [3.05, 3.63) is 29.6 Å². The molecule has 1 aromatic heterocycles. The summed E-state index contributed by atoms with van der Waals surface area (Å²) in [6.45, 7) is 3.83. The van der Waals surface area contributed by atoms with Crippen molar-refractivity contribution in [2.45, 2.75) is 38.8 Å². The van der Waals surface area contributed by atoms with Crippen molar-refractivity contribution >= 4 is 5.97 Å². The number of hydrogen-bond acceptors (Lipinski definition) is 3. The summed E-state index contributed by atoms with van der Waals surface area (Å²) in [4.78, 5) is 13.5. The van der Waals surface area contributed by atoms with Gasteiger partial charge >= 0.3 is 5.97 Å². The summed E-state index contributed by atoms with van der Waals surface area (Å²) in [5.74, 6) is -0.192. The number of rotatable bonds is 3. The van der Waals surface area contributed by atoms with Crippen LogP contribution in [0.1, 0.15) is 41.9 Å². The quantitative estimate of drug-likeness (QED) is 0.859. The van der Waals surface area contributed by atoms with Crippen LogP contribution in [0.5, 0.6) is 0 Å². The van der Waals surface area contributed by atoms with Crippen molar-refractivity contribution < 1.29 is 9.90 Å². The summed E-state index contributed by atoms with van der Waals surface area (Å²) in [6, 6.07) is 1.72. The molecule has 1 N–H and O–H groups in total. The molecule has 1 atom stereocenters. The zero-order valence-corrected chi connectivity index (χ0v) is 11.7. The number of carboxylic acid groups (broad SMARTS) is 1. The molecule has 0 saturated carbocycles. The van der Waals surface area contributed by atoms with Crippen LogP contribution in [-0.2, 0) is 13.1 Å². The molecule has 1 aliphatic carbocycles. The number of fused-ring (bicyclic) bond motifs is 1. The Hall–Kier alpha value is -1.62. The number of carbonyl (C=O) groups is 1. The van der Waals surface area contributed by atoms with Gasteiger partial charge in [0.2, 0.25) is 0 Å². The lowest BCUT2D eigenvalue weighted by atomic mass is 9.94. The molecule has 1 aliphatic heterocycles. The molecule has 0 bridgehead atoms. The lowest BCUT2D eigenvalue weighted by Crippen LogP contribution is -2.29. The molecule has 3 rings (SSSR count). The highest BCUT2D eigenvalue weighted by Gasteiger charge is 2.21. The predicted molar refractivity (Wildman–Crippen MR) is 75.6 cm³/mol. The molecule has 0 unspecified atom stereocenters. The van der Waals surface area contributed by atoms with Crippen LogP contribution in [0.2, 0.25) is 0 Å². The van der Waals surface area contributed by atoms with E-state index in [0.717, 1.165) is 44.2 Å². The van der Waals surface area contributed by atoms with E-state index in [0.29, 0.717) is 0 Å². The molecular weight excluding hydrogens is 254 g/mol. The first-order valence-corrected chi connectivity index (χ1v) is 7.40. The van der Waals surface area contributed by atoms with Crippen molar-refractivity contribution in [3.63, 3.8) is 0 Å². The molecule has 2 heterocycles. The Morgan fingerprint density at radius 2 is 2.30 bits per heavy atom. The second-order valence-electron chi connectivity index (χ2n) is 5.79. The summed E-state index contributed by atoms with van der Waals surface area (Å²) in [6.07, 6.45) is 9.24. The van der Waals surface area contributed by atoms with Crippen LogP contribution in [0, 0.1) is 5.92 Å². The molecule has 0 spiro atoms. The summed E-state index contributed by atoms with van der Waals surface area (Å²) in [7, 11) is 0. The number of hydrogen-bond donors (Lipinski definition) is 1. The van der Waals surface area contributed by atoms with Crippen LogP contribution in [0.15, 0.2) is 18.2 Å². The van der Waals surface area contributed by atoms with Crippen molar-refractivity contribution in [2.75, 3.05) is 13.1 Å². The Balaban J connectivity index is 1.68. The van der Waals surface area contributed by atoms with Gasteiger partial charge in [-0.2, -0.15) is 5.10 Å². The monoisotopic (exact) mass is 275 g/mol. The lowest BCUT2D eigenvalue weighted by molar-refractivity contribution is 0.0689. The van der Waals surface area contributed by atoms with Gasteiger partial charge in [0.25, 0.3) is 0 Å². The SMILES string of the molecule is O=C(O)c1cc2n(n1)CCCN(C[C@@H]1CC=CCC1)C2. The molecule has 0 amide bonds. The van der Waals surface area contributed by atoms with E-state index in [-0.39, 0.29) is 5.69 Å². The standard InChI is InChI=1S/C15H21N3O2/c19-15(20)14-9-13-11-17(7-4-8-18(13)16-14)10-12-5-2-1-3-6-12/h1-2,9,12H,3-8,10-11H2,(H,19,20)/t12-/m1/s1. The largest absolute Gasteiger partial charge is 0.476 e. The van der Waals surface area contributed by atoms with E-state index in [4.69, 9.17) is 5.11 Å². The Morgan fingerprint density at radius 3 is 3.05 bits per heavy atom. The molecule has 0 aromatic carbocycles. The van der Waals surface area contributed by atoms with Crippen LogP contribution >= 0.6 is 0 Å². The van der Waals surface area contributed by atoms with Gasteiger partial charge in [-0.3, -0.25) is 9.58 Å². The molecular formula is C15H21N3O2. The first-order valence-electron chi connectivity index (χ1n) is 7.40. The molecule has 1 aromatic rings. The highest BCUT2D eigenvalue weighted by atomic mass is 16.4. The minimum atomic E-state index is -0.936. The Bertz CT molecular complexity index is 521. The van der Waals surface area contributed by atoms with Gasteiger partial charge in [0.15, 0.2) is 5.69 Å².